The van der Waals surface area contributed by atoms with Crippen LogP contribution in [0.25, 0.3) is 16.6 Å². The fourth-order valence-corrected chi connectivity index (χ4v) is 4.23. The molecule has 2 aromatic heterocycles. The first-order valence-electron chi connectivity index (χ1n) is 8.46. The molecule has 7 nitrogen and oxygen atoms in total. The summed E-state index contributed by atoms with van der Waals surface area (Å²) in [6.45, 7) is 0. The fourth-order valence-electron chi connectivity index (χ4n) is 3.12. The van der Waals surface area contributed by atoms with Crippen LogP contribution in [0, 0.1) is 11.3 Å². The second kappa shape index (κ2) is 6.40. The summed E-state index contributed by atoms with van der Waals surface area (Å²) in [7, 11) is 0. The van der Waals surface area contributed by atoms with Crippen LogP contribution in [0.5, 0.6) is 0 Å². The van der Waals surface area contributed by atoms with Crippen LogP contribution in [0.3, 0.4) is 0 Å². The first-order chi connectivity index (χ1) is 13.8. The SMILES string of the molecule is N#CC(=C1Sc2c(nc[nH]c2=O)N1c1ccccc1)c1nc2ccccc2[nH]1. The van der Waals surface area contributed by atoms with Crippen molar-refractivity contribution in [2.45, 2.75) is 4.90 Å². The van der Waals surface area contributed by atoms with E-state index in [0.717, 1.165) is 16.7 Å². The van der Waals surface area contributed by atoms with Crippen LogP contribution in [0.2, 0.25) is 0 Å². The molecule has 0 amide bonds. The molecule has 28 heavy (non-hydrogen) atoms. The van der Waals surface area contributed by atoms with Gasteiger partial charge >= 0.3 is 0 Å². The molecular formula is C20H12N6OS. The molecule has 0 aliphatic carbocycles. The molecule has 8 heteroatoms. The number of thioether (sulfide) groups is 1. The second-order valence-electron chi connectivity index (χ2n) is 6.05. The van der Waals surface area contributed by atoms with Gasteiger partial charge in [-0.05, 0) is 24.3 Å². The number of imidazole rings is 1. The number of nitrogens with one attached hydrogen (secondary N) is 2. The zero-order valence-corrected chi connectivity index (χ0v) is 15.2. The van der Waals surface area contributed by atoms with Crippen LogP contribution >= 0.6 is 11.8 Å². The van der Waals surface area contributed by atoms with Gasteiger partial charge in [0, 0.05) is 5.69 Å². The molecule has 134 valence electrons. The van der Waals surface area contributed by atoms with E-state index in [9.17, 15) is 10.1 Å². The van der Waals surface area contributed by atoms with Crippen molar-refractivity contribution in [1.82, 2.24) is 19.9 Å². The molecule has 0 saturated heterocycles. The number of hydrogen-bond donors (Lipinski definition) is 2. The topological polar surface area (TPSA) is 101 Å². The van der Waals surface area contributed by atoms with Crippen molar-refractivity contribution in [1.29, 1.82) is 5.26 Å². The van der Waals surface area contributed by atoms with Crippen LogP contribution in [0.15, 0.2) is 75.6 Å². The second-order valence-corrected chi connectivity index (χ2v) is 7.05. The van der Waals surface area contributed by atoms with E-state index in [1.165, 1.54) is 18.1 Å². The van der Waals surface area contributed by atoms with Gasteiger partial charge in [-0.15, -0.1) is 0 Å². The summed E-state index contributed by atoms with van der Waals surface area (Å²) in [4.78, 5) is 29.3. The van der Waals surface area contributed by atoms with E-state index in [0.29, 0.717) is 27.1 Å². The Kier molecular flexibility index (Phi) is 3.74. The van der Waals surface area contributed by atoms with E-state index in [2.05, 4.69) is 26.0 Å². The molecule has 0 spiro atoms. The Balaban J connectivity index is 1.77. The van der Waals surface area contributed by atoms with Crippen LogP contribution < -0.4 is 10.5 Å². The molecule has 4 aromatic rings. The van der Waals surface area contributed by atoms with Crippen molar-refractivity contribution in [3.05, 3.63) is 82.1 Å². The maximum Gasteiger partial charge on any atom is 0.267 e. The molecule has 2 aromatic carbocycles. The summed E-state index contributed by atoms with van der Waals surface area (Å²) in [5.74, 6) is 0.954. The number of aromatic amines is 2. The molecule has 1 aliphatic heterocycles. The van der Waals surface area contributed by atoms with Crippen molar-refractivity contribution in [3.63, 3.8) is 0 Å². The lowest BCUT2D eigenvalue weighted by atomic mass is 10.2. The molecule has 0 unspecified atom stereocenters. The number of anilines is 2. The largest absolute Gasteiger partial charge is 0.337 e. The van der Waals surface area contributed by atoms with Crippen LogP contribution in [0.1, 0.15) is 5.82 Å². The predicted octanol–water partition coefficient (Wildman–Crippen LogP) is 3.78. The van der Waals surface area contributed by atoms with E-state index in [1.807, 2.05) is 59.5 Å². The van der Waals surface area contributed by atoms with Gasteiger partial charge in [-0.25, -0.2) is 9.97 Å². The summed E-state index contributed by atoms with van der Waals surface area (Å²) in [5, 5.41) is 10.6. The number of rotatable bonds is 2. The number of H-pyrrole nitrogens is 2. The van der Waals surface area contributed by atoms with Gasteiger partial charge in [0.15, 0.2) is 11.6 Å². The Labute approximate surface area is 163 Å². The lowest BCUT2D eigenvalue weighted by Crippen LogP contribution is -2.15. The maximum absolute atomic E-state index is 12.3. The molecule has 0 radical (unpaired) electrons. The number of hydrogen-bond acceptors (Lipinski definition) is 6. The lowest BCUT2D eigenvalue weighted by molar-refractivity contribution is 1.02. The number of aromatic nitrogens is 4. The van der Waals surface area contributed by atoms with Crippen LogP contribution in [-0.2, 0) is 0 Å². The highest BCUT2D eigenvalue weighted by Crippen LogP contribution is 2.49. The standard InChI is InChI=1S/C20H12N6OS/c21-10-13(17-24-14-8-4-5-9-15(14)25-17)20-26(12-6-2-1-3-7-12)18-16(28-20)19(27)23-11-22-18/h1-9,11H,(H,24,25)(H,22,23,27). The third kappa shape index (κ3) is 2.49. The molecule has 3 heterocycles. The predicted molar refractivity (Wildman–Crippen MR) is 108 cm³/mol. The van der Waals surface area contributed by atoms with Gasteiger partial charge in [0.2, 0.25) is 0 Å². The number of nitrogens with zero attached hydrogens (tertiary/aromatic N) is 4. The number of nitriles is 1. The van der Waals surface area contributed by atoms with Crippen LogP contribution in [-0.4, -0.2) is 19.9 Å². The van der Waals surface area contributed by atoms with Gasteiger partial charge in [0.1, 0.15) is 21.6 Å². The summed E-state index contributed by atoms with van der Waals surface area (Å²) >= 11 is 1.22. The van der Waals surface area contributed by atoms with Gasteiger partial charge < -0.3 is 9.97 Å². The minimum absolute atomic E-state index is 0.243. The van der Waals surface area contributed by atoms with Crippen molar-refractivity contribution < 1.29 is 0 Å². The van der Waals surface area contributed by atoms with E-state index in [-0.39, 0.29) is 5.56 Å². The molecule has 5 rings (SSSR count). The Hall–Kier alpha value is -3.83. The number of allylic oxidation sites excluding steroid dienone is 1. The molecule has 0 bridgehead atoms. The zero-order valence-electron chi connectivity index (χ0n) is 14.4. The summed E-state index contributed by atoms with van der Waals surface area (Å²) in [5.41, 5.74) is 2.53. The molecule has 0 saturated carbocycles. The summed E-state index contributed by atoms with van der Waals surface area (Å²) in [6.07, 6.45) is 1.37. The monoisotopic (exact) mass is 384 g/mol. The molecule has 0 atom stereocenters. The quantitative estimate of drug-likeness (QED) is 0.510. The van der Waals surface area contributed by atoms with E-state index in [4.69, 9.17) is 0 Å². The number of para-hydroxylation sites is 3. The molecule has 1 aliphatic rings. The Morgan fingerprint density at radius 1 is 1.11 bits per heavy atom. The minimum Gasteiger partial charge on any atom is -0.337 e. The van der Waals surface area contributed by atoms with Gasteiger partial charge in [-0.1, -0.05) is 42.1 Å². The van der Waals surface area contributed by atoms with Gasteiger partial charge in [0.05, 0.1) is 17.4 Å². The first-order valence-corrected chi connectivity index (χ1v) is 9.28. The Morgan fingerprint density at radius 2 is 1.89 bits per heavy atom. The maximum atomic E-state index is 12.3. The van der Waals surface area contributed by atoms with Crippen molar-refractivity contribution in [2.75, 3.05) is 4.90 Å². The van der Waals surface area contributed by atoms with Gasteiger partial charge in [0.25, 0.3) is 5.56 Å². The van der Waals surface area contributed by atoms with Gasteiger partial charge in [-0.2, -0.15) is 5.26 Å². The Bertz CT molecular complexity index is 1300. The summed E-state index contributed by atoms with van der Waals surface area (Å²) < 4.78 is 0. The third-order valence-corrected chi connectivity index (χ3v) is 5.52. The average Bonchev–Trinajstić information content (AvgIpc) is 3.32. The molecular weight excluding hydrogens is 372 g/mol. The minimum atomic E-state index is -0.243. The van der Waals surface area contributed by atoms with E-state index >= 15 is 0 Å². The highest BCUT2D eigenvalue weighted by atomic mass is 32.2. The number of benzene rings is 2. The zero-order chi connectivity index (χ0) is 19.1. The third-order valence-electron chi connectivity index (χ3n) is 4.37. The molecule has 2 N–H and O–H groups in total. The van der Waals surface area contributed by atoms with Gasteiger partial charge in [-0.3, -0.25) is 9.69 Å². The highest BCUT2D eigenvalue weighted by molar-refractivity contribution is 8.04. The highest BCUT2D eigenvalue weighted by Gasteiger charge is 2.34. The van der Waals surface area contributed by atoms with E-state index < -0.39 is 0 Å². The first kappa shape index (κ1) is 16.4. The summed E-state index contributed by atoms with van der Waals surface area (Å²) in [6, 6.07) is 19.4. The van der Waals surface area contributed by atoms with Crippen LogP contribution in [0.4, 0.5) is 11.5 Å². The lowest BCUT2D eigenvalue weighted by Gasteiger charge is -2.20. The van der Waals surface area contributed by atoms with Crippen molar-refractivity contribution in [3.8, 4) is 6.07 Å². The fraction of sp³-hybridized carbons (Fsp3) is 0. The van der Waals surface area contributed by atoms with E-state index in [1.54, 1.807) is 0 Å². The van der Waals surface area contributed by atoms with Crippen molar-refractivity contribution in [2.24, 2.45) is 0 Å². The number of fused-ring (bicyclic) bond motifs is 2. The smallest absolute Gasteiger partial charge is 0.267 e. The Morgan fingerprint density at radius 3 is 2.68 bits per heavy atom. The van der Waals surface area contributed by atoms with Crippen molar-refractivity contribution >= 4 is 39.9 Å². The molecule has 0 fully saturated rings. The average molecular weight is 384 g/mol. The normalized spacial score (nSPS) is 14.8.